The summed E-state index contributed by atoms with van der Waals surface area (Å²) in [5, 5.41) is 15.5. The number of nitrogens with zero attached hydrogens (tertiary/aromatic N) is 3. The van der Waals surface area contributed by atoms with Gasteiger partial charge in [-0.15, -0.1) is 0 Å². The van der Waals surface area contributed by atoms with Crippen LogP contribution in [0.15, 0.2) is 28.8 Å². The van der Waals surface area contributed by atoms with Crippen LogP contribution in [0.2, 0.25) is 0 Å². The quantitative estimate of drug-likeness (QED) is 0.931. The lowest BCUT2D eigenvalue weighted by atomic mass is 10.1. The molecule has 0 radical (unpaired) electrons. The lowest BCUT2D eigenvalue weighted by molar-refractivity contribution is 0.0932. The van der Waals surface area contributed by atoms with E-state index >= 15 is 0 Å². The number of rotatable bonds is 4. The summed E-state index contributed by atoms with van der Waals surface area (Å²) < 4.78 is 5.14. The number of aromatic nitrogens is 2. The fourth-order valence-electron chi connectivity index (χ4n) is 1.73. The molecule has 0 spiro atoms. The number of carbonyl (C=O) groups is 1. The van der Waals surface area contributed by atoms with E-state index in [0.717, 1.165) is 0 Å². The van der Waals surface area contributed by atoms with E-state index in [0.29, 0.717) is 22.8 Å². The molecule has 2 aromatic rings. The van der Waals surface area contributed by atoms with Crippen molar-refractivity contribution in [3.63, 3.8) is 0 Å². The molecule has 1 aromatic carbocycles. The van der Waals surface area contributed by atoms with Crippen molar-refractivity contribution >= 4 is 5.91 Å². The second kappa shape index (κ2) is 6.18. The standard InChI is InChI=1S/C15H16N4O2/c1-9(2)13-18-15(21-19-13)10(3)17-14(20)12-6-4-5-11(7-12)8-16/h4-7,9-10H,1-3H3,(H,17,20). The molecule has 0 aliphatic heterocycles. The summed E-state index contributed by atoms with van der Waals surface area (Å²) in [6.45, 7) is 5.69. The van der Waals surface area contributed by atoms with Crippen LogP contribution in [-0.2, 0) is 0 Å². The smallest absolute Gasteiger partial charge is 0.251 e. The van der Waals surface area contributed by atoms with Crippen LogP contribution in [0.5, 0.6) is 0 Å². The molecule has 1 amide bonds. The Morgan fingerprint density at radius 1 is 1.38 bits per heavy atom. The number of benzene rings is 1. The van der Waals surface area contributed by atoms with E-state index in [4.69, 9.17) is 9.78 Å². The van der Waals surface area contributed by atoms with Gasteiger partial charge in [0.2, 0.25) is 5.89 Å². The highest BCUT2D eigenvalue weighted by molar-refractivity contribution is 5.94. The molecule has 1 aromatic heterocycles. The third-order valence-electron chi connectivity index (χ3n) is 2.95. The summed E-state index contributed by atoms with van der Waals surface area (Å²) >= 11 is 0. The first-order valence-corrected chi connectivity index (χ1v) is 6.65. The second-order valence-electron chi connectivity index (χ2n) is 5.03. The van der Waals surface area contributed by atoms with E-state index in [-0.39, 0.29) is 11.8 Å². The number of nitriles is 1. The molecule has 1 heterocycles. The molecule has 21 heavy (non-hydrogen) atoms. The van der Waals surface area contributed by atoms with Gasteiger partial charge in [-0.1, -0.05) is 25.1 Å². The molecule has 6 heteroatoms. The van der Waals surface area contributed by atoms with Gasteiger partial charge in [-0.05, 0) is 25.1 Å². The molecule has 0 bridgehead atoms. The molecule has 0 saturated heterocycles. The molecular weight excluding hydrogens is 268 g/mol. The highest BCUT2D eigenvalue weighted by atomic mass is 16.5. The first kappa shape index (κ1) is 14.7. The molecule has 0 saturated carbocycles. The van der Waals surface area contributed by atoms with E-state index in [1.165, 1.54) is 6.07 Å². The number of amides is 1. The number of hydrogen-bond acceptors (Lipinski definition) is 5. The Kier molecular flexibility index (Phi) is 4.33. The van der Waals surface area contributed by atoms with Crippen molar-refractivity contribution in [1.29, 1.82) is 5.26 Å². The van der Waals surface area contributed by atoms with Gasteiger partial charge in [-0.2, -0.15) is 10.2 Å². The molecule has 1 unspecified atom stereocenters. The molecule has 0 fully saturated rings. The fourth-order valence-corrected chi connectivity index (χ4v) is 1.73. The van der Waals surface area contributed by atoms with Crippen LogP contribution in [0.1, 0.15) is 60.4 Å². The maximum Gasteiger partial charge on any atom is 0.251 e. The van der Waals surface area contributed by atoms with E-state index in [2.05, 4.69) is 15.5 Å². The SMILES string of the molecule is CC(C)c1noc(C(C)NC(=O)c2cccc(C#N)c2)n1. The molecule has 1 atom stereocenters. The van der Waals surface area contributed by atoms with Crippen molar-refractivity contribution in [3.05, 3.63) is 47.1 Å². The van der Waals surface area contributed by atoms with Gasteiger partial charge >= 0.3 is 0 Å². The summed E-state index contributed by atoms with van der Waals surface area (Å²) in [6, 6.07) is 8.10. The minimum atomic E-state index is -0.400. The van der Waals surface area contributed by atoms with Gasteiger partial charge in [0.15, 0.2) is 5.82 Å². The van der Waals surface area contributed by atoms with Crippen molar-refractivity contribution in [3.8, 4) is 6.07 Å². The topological polar surface area (TPSA) is 91.8 Å². The van der Waals surface area contributed by atoms with Crippen LogP contribution in [0.4, 0.5) is 0 Å². The Bertz CT molecular complexity index is 685. The summed E-state index contributed by atoms with van der Waals surface area (Å²) in [5.74, 6) is 0.850. The highest BCUT2D eigenvalue weighted by Crippen LogP contribution is 2.15. The van der Waals surface area contributed by atoms with Gasteiger partial charge in [-0.25, -0.2) is 0 Å². The Morgan fingerprint density at radius 2 is 2.14 bits per heavy atom. The van der Waals surface area contributed by atoms with Gasteiger partial charge < -0.3 is 9.84 Å². The van der Waals surface area contributed by atoms with Crippen molar-refractivity contribution in [2.75, 3.05) is 0 Å². The first-order valence-electron chi connectivity index (χ1n) is 6.65. The minimum absolute atomic E-state index is 0.165. The molecule has 0 aliphatic rings. The molecule has 1 N–H and O–H groups in total. The molecule has 108 valence electrons. The third kappa shape index (κ3) is 3.45. The predicted octanol–water partition coefficient (Wildman–Crippen LogP) is 2.56. The molecule has 0 aliphatic carbocycles. The Hall–Kier alpha value is -2.68. The Morgan fingerprint density at radius 3 is 2.76 bits per heavy atom. The Balaban J connectivity index is 2.09. The fraction of sp³-hybridized carbons (Fsp3) is 0.333. The monoisotopic (exact) mass is 284 g/mol. The van der Waals surface area contributed by atoms with Crippen LogP contribution in [0.3, 0.4) is 0 Å². The summed E-state index contributed by atoms with van der Waals surface area (Å²) in [7, 11) is 0. The van der Waals surface area contributed by atoms with Crippen LogP contribution < -0.4 is 5.32 Å². The van der Waals surface area contributed by atoms with Crippen LogP contribution >= 0.6 is 0 Å². The van der Waals surface area contributed by atoms with Gasteiger partial charge in [-0.3, -0.25) is 4.79 Å². The molecule has 2 rings (SSSR count). The average Bonchev–Trinajstić information content (AvgIpc) is 2.97. The van der Waals surface area contributed by atoms with Crippen molar-refractivity contribution in [2.45, 2.75) is 32.7 Å². The largest absolute Gasteiger partial charge is 0.341 e. The zero-order chi connectivity index (χ0) is 15.4. The van der Waals surface area contributed by atoms with Crippen molar-refractivity contribution in [1.82, 2.24) is 15.5 Å². The predicted molar refractivity (Wildman–Crippen MR) is 75.4 cm³/mol. The van der Waals surface area contributed by atoms with Crippen molar-refractivity contribution in [2.24, 2.45) is 0 Å². The second-order valence-corrected chi connectivity index (χ2v) is 5.03. The lowest BCUT2D eigenvalue weighted by Gasteiger charge is -2.09. The van der Waals surface area contributed by atoms with Gasteiger partial charge in [0.1, 0.15) is 6.04 Å². The van der Waals surface area contributed by atoms with Crippen LogP contribution in [0, 0.1) is 11.3 Å². The maximum atomic E-state index is 12.1. The highest BCUT2D eigenvalue weighted by Gasteiger charge is 2.18. The van der Waals surface area contributed by atoms with Gasteiger partial charge in [0.25, 0.3) is 5.91 Å². The lowest BCUT2D eigenvalue weighted by Crippen LogP contribution is -2.26. The zero-order valence-electron chi connectivity index (χ0n) is 12.1. The van der Waals surface area contributed by atoms with E-state index < -0.39 is 6.04 Å². The number of hydrogen-bond donors (Lipinski definition) is 1. The van der Waals surface area contributed by atoms with Crippen LogP contribution in [-0.4, -0.2) is 16.0 Å². The zero-order valence-corrected chi connectivity index (χ0v) is 12.1. The summed E-state index contributed by atoms with van der Waals surface area (Å²) in [4.78, 5) is 16.4. The number of nitrogens with one attached hydrogen (secondary N) is 1. The number of carbonyl (C=O) groups excluding carboxylic acids is 1. The van der Waals surface area contributed by atoms with Gasteiger partial charge in [0, 0.05) is 11.5 Å². The summed E-state index contributed by atoms with van der Waals surface area (Å²) in [5.41, 5.74) is 0.861. The van der Waals surface area contributed by atoms with E-state index in [1.54, 1.807) is 25.1 Å². The first-order chi connectivity index (χ1) is 10.0. The normalized spacial score (nSPS) is 12.0. The van der Waals surface area contributed by atoms with Crippen LogP contribution in [0.25, 0.3) is 0 Å². The minimum Gasteiger partial charge on any atom is -0.341 e. The molecular formula is C15H16N4O2. The van der Waals surface area contributed by atoms with Crippen molar-refractivity contribution < 1.29 is 9.32 Å². The van der Waals surface area contributed by atoms with Gasteiger partial charge in [0.05, 0.1) is 11.6 Å². The maximum absolute atomic E-state index is 12.1. The van der Waals surface area contributed by atoms with E-state index in [9.17, 15) is 4.79 Å². The molecule has 6 nitrogen and oxygen atoms in total. The van der Waals surface area contributed by atoms with E-state index in [1.807, 2.05) is 19.9 Å². The third-order valence-corrected chi connectivity index (χ3v) is 2.95. The Labute approximate surface area is 122 Å². The summed E-state index contributed by atoms with van der Waals surface area (Å²) in [6.07, 6.45) is 0. The average molecular weight is 284 g/mol.